The number of hydrogen-bond donors (Lipinski definition) is 1. The predicted octanol–water partition coefficient (Wildman–Crippen LogP) is 6.06. The molecule has 0 aromatic heterocycles. The number of nitrogens with zero attached hydrogens (tertiary/aromatic N) is 2. The van der Waals surface area contributed by atoms with Gasteiger partial charge in [-0.3, -0.25) is 13.9 Å². The van der Waals surface area contributed by atoms with Crippen LogP contribution in [0.3, 0.4) is 0 Å². The van der Waals surface area contributed by atoms with Crippen LogP contribution in [0.4, 0.5) is 10.1 Å². The topological polar surface area (TPSA) is 96.0 Å². The summed E-state index contributed by atoms with van der Waals surface area (Å²) in [4.78, 5) is 28.6. The molecule has 226 valence electrons. The van der Waals surface area contributed by atoms with Gasteiger partial charge in [0.05, 0.1) is 17.7 Å². The van der Waals surface area contributed by atoms with Gasteiger partial charge in [-0.05, 0) is 86.0 Å². The third-order valence-electron chi connectivity index (χ3n) is 6.78. The Hall–Kier alpha value is -3.34. The van der Waals surface area contributed by atoms with Gasteiger partial charge in [0.25, 0.3) is 10.0 Å². The van der Waals surface area contributed by atoms with Crippen LogP contribution in [0.25, 0.3) is 0 Å². The molecule has 0 bridgehead atoms. The maximum Gasteiger partial charge on any atom is 0.264 e. The number of hydrogen-bond acceptors (Lipinski definition) is 5. The molecule has 0 heterocycles. The lowest BCUT2D eigenvalue weighted by Gasteiger charge is -2.34. The molecule has 3 aromatic carbocycles. The van der Waals surface area contributed by atoms with Gasteiger partial charge >= 0.3 is 0 Å². The Labute approximate surface area is 256 Å². The van der Waals surface area contributed by atoms with E-state index in [9.17, 15) is 22.4 Å². The summed E-state index contributed by atoms with van der Waals surface area (Å²) in [6, 6.07) is 14.2. The second kappa shape index (κ2) is 14.7. The molecule has 2 amide bonds. The highest BCUT2D eigenvalue weighted by Gasteiger charge is 2.34. The van der Waals surface area contributed by atoms with Crippen molar-refractivity contribution in [2.75, 3.05) is 18.0 Å². The number of anilines is 1. The van der Waals surface area contributed by atoms with Crippen LogP contribution in [0.2, 0.25) is 10.0 Å². The predicted molar refractivity (Wildman–Crippen MR) is 163 cm³/mol. The summed E-state index contributed by atoms with van der Waals surface area (Å²) in [7, 11) is -2.86. The summed E-state index contributed by atoms with van der Waals surface area (Å²) in [5, 5.41) is 3.60. The number of amides is 2. The molecule has 2 atom stereocenters. The van der Waals surface area contributed by atoms with Crippen molar-refractivity contribution in [2.24, 2.45) is 0 Å². The van der Waals surface area contributed by atoms with Gasteiger partial charge in [0.15, 0.2) is 0 Å². The van der Waals surface area contributed by atoms with Crippen LogP contribution in [0.15, 0.2) is 71.6 Å². The van der Waals surface area contributed by atoms with Crippen molar-refractivity contribution in [3.63, 3.8) is 0 Å². The first kappa shape index (κ1) is 33.2. The molecule has 3 aromatic rings. The molecule has 0 spiro atoms. The van der Waals surface area contributed by atoms with E-state index in [1.54, 1.807) is 19.1 Å². The number of rotatable bonds is 13. The zero-order valence-corrected chi connectivity index (χ0v) is 26.1. The van der Waals surface area contributed by atoms with Crippen LogP contribution in [-0.2, 0) is 26.2 Å². The minimum absolute atomic E-state index is 0.0714. The van der Waals surface area contributed by atoms with Crippen LogP contribution < -0.4 is 14.4 Å². The molecule has 0 unspecified atom stereocenters. The molecule has 0 aliphatic heterocycles. The molecule has 8 nitrogen and oxygen atoms in total. The SMILES string of the molecule is CC[C@@H](C)NC(=O)[C@H](CC)N(Cc1ccc(Cl)cc1Cl)C(=O)CN(c1ccc(F)cc1)S(=O)(=O)c1ccc(OC)cc1. The van der Waals surface area contributed by atoms with Gasteiger partial charge in [-0.15, -0.1) is 0 Å². The van der Waals surface area contributed by atoms with Gasteiger partial charge in [0.1, 0.15) is 24.2 Å². The van der Waals surface area contributed by atoms with E-state index in [2.05, 4.69) is 5.32 Å². The lowest BCUT2D eigenvalue weighted by molar-refractivity contribution is -0.140. The van der Waals surface area contributed by atoms with Crippen molar-refractivity contribution in [3.05, 3.63) is 88.2 Å². The Balaban J connectivity index is 2.08. The van der Waals surface area contributed by atoms with Crippen LogP contribution in [0.1, 0.15) is 39.2 Å². The fourth-order valence-corrected chi connectivity index (χ4v) is 6.09. The van der Waals surface area contributed by atoms with Crippen LogP contribution in [-0.4, -0.2) is 50.9 Å². The molecule has 0 radical (unpaired) electrons. The van der Waals surface area contributed by atoms with E-state index in [-0.39, 0.29) is 35.5 Å². The second-order valence-electron chi connectivity index (χ2n) is 9.66. The van der Waals surface area contributed by atoms with E-state index in [1.165, 1.54) is 54.5 Å². The highest BCUT2D eigenvalue weighted by atomic mass is 35.5. The number of ether oxygens (including phenoxy) is 1. The Morgan fingerprint density at radius 3 is 2.17 bits per heavy atom. The summed E-state index contributed by atoms with van der Waals surface area (Å²) in [6.45, 7) is 4.79. The number of halogens is 3. The van der Waals surface area contributed by atoms with Crippen LogP contribution in [0.5, 0.6) is 5.75 Å². The third-order valence-corrected chi connectivity index (χ3v) is 9.16. The first-order valence-corrected chi connectivity index (χ1v) is 15.6. The van der Waals surface area contributed by atoms with Crippen molar-refractivity contribution in [2.45, 2.75) is 57.1 Å². The molecule has 3 rings (SSSR count). The van der Waals surface area contributed by atoms with Crippen molar-refractivity contribution in [3.8, 4) is 5.75 Å². The Morgan fingerprint density at radius 1 is 0.976 bits per heavy atom. The molecular weight excluding hydrogens is 604 g/mol. The van der Waals surface area contributed by atoms with Gasteiger partial charge in [0.2, 0.25) is 11.8 Å². The van der Waals surface area contributed by atoms with Crippen molar-refractivity contribution in [1.82, 2.24) is 10.2 Å². The van der Waals surface area contributed by atoms with E-state index < -0.39 is 34.3 Å². The fraction of sp³-hybridized carbons (Fsp3) is 0.333. The fourth-order valence-electron chi connectivity index (χ4n) is 4.21. The molecule has 42 heavy (non-hydrogen) atoms. The molecule has 0 fully saturated rings. The normalized spacial score (nSPS) is 12.7. The molecule has 0 aliphatic rings. The molecule has 0 saturated heterocycles. The summed E-state index contributed by atoms with van der Waals surface area (Å²) in [5.41, 5.74) is 0.595. The lowest BCUT2D eigenvalue weighted by Crippen LogP contribution is -2.53. The smallest absolute Gasteiger partial charge is 0.264 e. The number of sulfonamides is 1. The third kappa shape index (κ3) is 8.14. The first-order chi connectivity index (χ1) is 19.9. The van der Waals surface area contributed by atoms with Gasteiger partial charge in [-0.1, -0.05) is 43.1 Å². The van der Waals surface area contributed by atoms with Gasteiger partial charge < -0.3 is 15.0 Å². The van der Waals surface area contributed by atoms with E-state index >= 15 is 0 Å². The largest absolute Gasteiger partial charge is 0.497 e. The highest BCUT2D eigenvalue weighted by molar-refractivity contribution is 7.92. The minimum atomic E-state index is -4.32. The van der Waals surface area contributed by atoms with E-state index in [1.807, 2.05) is 13.8 Å². The monoisotopic (exact) mass is 637 g/mol. The quantitative estimate of drug-likeness (QED) is 0.246. The maximum absolute atomic E-state index is 14.1. The van der Waals surface area contributed by atoms with Crippen molar-refractivity contribution in [1.29, 1.82) is 0 Å². The van der Waals surface area contributed by atoms with Crippen molar-refractivity contribution < 1.29 is 27.1 Å². The Morgan fingerprint density at radius 2 is 1.62 bits per heavy atom. The average Bonchev–Trinajstić information content (AvgIpc) is 2.97. The number of nitrogens with one attached hydrogen (secondary N) is 1. The lowest BCUT2D eigenvalue weighted by atomic mass is 10.1. The van der Waals surface area contributed by atoms with Gasteiger partial charge in [-0.25, -0.2) is 12.8 Å². The number of carbonyl (C=O) groups is 2. The average molecular weight is 639 g/mol. The summed E-state index contributed by atoms with van der Waals surface area (Å²) < 4.78 is 47.6. The summed E-state index contributed by atoms with van der Waals surface area (Å²) in [5.74, 6) is -1.16. The van der Waals surface area contributed by atoms with Gasteiger partial charge in [-0.2, -0.15) is 0 Å². The Kier molecular flexibility index (Phi) is 11.6. The standard InChI is InChI=1S/C30H34Cl2FN3O5S/c1-5-20(3)34-30(38)28(6-2)35(18-21-7-8-22(31)17-27(21)32)29(37)19-36(24-11-9-23(33)10-12-24)42(39,40)26-15-13-25(41-4)14-16-26/h7-17,20,28H,5-6,18-19H2,1-4H3,(H,34,38)/t20-,28+/m1/s1. The zero-order chi connectivity index (χ0) is 31.0. The maximum atomic E-state index is 14.1. The van der Waals surface area contributed by atoms with Crippen LogP contribution >= 0.6 is 23.2 Å². The highest BCUT2D eigenvalue weighted by Crippen LogP contribution is 2.28. The Bertz CT molecular complexity index is 1490. The van der Waals surface area contributed by atoms with Gasteiger partial charge in [0, 0.05) is 22.6 Å². The molecule has 12 heteroatoms. The van der Waals surface area contributed by atoms with E-state index in [4.69, 9.17) is 27.9 Å². The second-order valence-corrected chi connectivity index (χ2v) is 12.4. The molecule has 1 N–H and O–H groups in total. The summed E-state index contributed by atoms with van der Waals surface area (Å²) in [6.07, 6.45) is 0.929. The molecular formula is C30H34Cl2FN3O5S. The first-order valence-electron chi connectivity index (χ1n) is 13.4. The van der Waals surface area contributed by atoms with E-state index in [0.717, 1.165) is 16.4 Å². The molecule has 0 saturated carbocycles. The number of carbonyl (C=O) groups excluding carboxylic acids is 2. The molecule has 0 aliphatic carbocycles. The number of benzene rings is 3. The van der Waals surface area contributed by atoms with Crippen molar-refractivity contribution >= 4 is 50.7 Å². The minimum Gasteiger partial charge on any atom is -0.497 e. The number of methoxy groups -OCH3 is 1. The van der Waals surface area contributed by atoms with E-state index in [0.29, 0.717) is 27.8 Å². The zero-order valence-electron chi connectivity index (χ0n) is 23.8. The van der Waals surface area contributed by atoms with Crippen LogP contribution in [0, 0.1) is 5.82 Å². The summed E-state index contributed by atoms with van der Waals surface area (Å²) >= 11 is 12.5.